The van der Waals surface area contributed by atoms with Gasteiger partial charge in [-0.25, -0.2) is 23.0 Å². The summed E-state index contributed by atoms with van der Waals surface area (Å²) < 4.78 is 29.7. The first kappa shape index (κ1) is 19.2. The van der Waals surface area contributed by atoms with Crippen LogP contribution in [-0.2, 0) is 10.0 Å². The SMILES string of the molecule is COc1ccc2c(ccc3c(C(=O)O)nn(-c4ccc(S(N)(=O)=O)cc4)c32)c1Cl. The van der Waals surface area contributed by atoms with E-state index in [0.29, 0.717) is 38.1 Å². The molecule has 0 amide bonds. The summed E-state index contributed by atoms with van der Waals surface area (Å²) in [5.41, 5.74) is 0.853. The minimum atomic E-state index is -3.86. The molecule has 0 saturated carbocycles. The van der Waals surface area contributed by atoms with Crippen molar-refractivity contribution in [2.24, 2.45) is 5.14 Å². The van der Waals surface area contributed by atoms with Gasteiger partial charge in [-0.15, -0.1) is 0 Å². The van der Waals surface area contributed by atoms with Crippen molar-refractivity contribution in [3.05, 3.63) is 59.2 Å². The van der Waals surface area contributed by atoms with Gasteiger partial charge in [0.25, 0.3) is 0 Å². The Morgan fingerprint density at radius 3 is 2.28 bits per heavy atom. The van der Waals surface area contributed by atoms with E-state index in [-0.39, 0.29) is 10.6 Å². The van der Waals surface area contributed by atoms with E-state index in [4.69, 9.17) is 21.5 Å². The lowest BCUT2D eigenvalue weighted by Gasteiger charge is -2.10. The Morgan fingerprint density at radius 1 is 1.07 bits per heavy atom. The van der Waals surface area contributed by atoms with Crippen LogP contribution in [0.3, 0.4) is 0 Å². The van der Waals surface area contributed by atoms with E-state index in [1.807, 2.05) is 0 Å². The molecule has 0 saturated heterocycles. The van der Waals surface area contributed by atoms with Gasteiger partial charge >= 0.3 is 5.97 Å². The number of ether oxygens (including phenoxy) is 1. The third kappa shape index (κ3) is 3.09. The maximum atomic E-state index is 11.7. The van der Waals surface area contributed by atoms with Crippen LogP contribution in [0.15, 0.2) is 53.4 Å². The summed E-state index contributed by atoms with van der Waals surface area (Å²) in [4.78, 5) is 11.7. The maximum Gasteiger partial charge on any atom is 0.357 e. The normalized spacial score (nSPS) is 11.8. The van der Waals surface area contributed by atoms with Crippen LogP contribution in [0, 0.1) is 0 Å². The molecular formula is C19H14ClN3O5S. The van der Waals surface area contributed by atoms with Crippen molar-refractivity contribution in [3.63, 3.8) is 0 Å². The molecule has 0 aliphatic heterocycles. The molecule has 3 aromatic carbocycles. The van der Waals surface area contributed by atoms with Crippen molar-refractivity contribution in [2.75, 3.05) is 7.11 Å². The van der Waals surface area contributed by atoms with Gasteiger partial charge in [-0.2, -0.15) is 5.10 Å². The van der Waals surface area contributed by atoms with Crippen LogP contribution in [0.2, 0.25) is 5.02 Å². The molecule has 1 heterocycles. The average molecular weight is 432 g/mol. The van der Waals surface area contributed by atoms with E-state index in [1.54, 1.807) is 24.3 Å². The number of carbonyl (C=O) groups is 1. The molecule has 29 heavy (non-hydrogen) atoms. The fourth-order valence-electron chi connectivity index (χ4n) is 3.24. The number of carboxylic acids is 1. The molecule has 148 valence electrons. The van der Waals surface area contributed by atoms with Gasteiger partial charge in [-0.05, 0) is 42.5 Å². The highest BCUT2D eigenvalue weighted by Crippen LogP contribution is 2.37. The smallest absolute Gasteiger partial charge is 0.357 e. The molecule has 0 aliphatic carbocycles. The molecule has 8 nitrogen and oxygen atoms in total. The summed E-state index contributed by atoms with van der Waals surface area (Å²) in [6, 6.07) is 12.5. The topological polar surface area (TPSA) is 125 Å². The number of hydrogen-bond donors (Lipinski definition) is 2. The van der Waals surface area contributed by atoms with E-state index < -0.39 is 16.0 Å². The van der Waals surface area contributed by atoms with Crippen LogP contribution in [0.4, 0.5) is 0 Å². The highest BCUT2D eigenvalue weighted by Gasteiger charge is 2.21. The number of hydrogen-bond acceptors (Lipinski definition) is 5. The predicted octanol–water partition coefficient (Wildman–Crippen LogP) is 3.19. The molecule has 0 atom stereocenters. The van der Waals surface area contributed by atoms with Gasteiger partial charge in [-0.3, -0.25) is 0 Å². The minimum absolute atomic E-state index is 0.0613. The average Bonchev–Trinajstić information content (AvgIpc) is 3.08. The summed E-state index contributed by atoms with van der Waals surface area (Å²) in [7, 11) is -2.35. The Morgan fingerprint density at radius 2 is 1.69 bits per heavy atom. The lowest BCUT2D eigenvalue weighted by molar-refractivity contribution is 0.0692. The zero-order chi connectivity index (χ0) is 20.9. The molecule has 0 spiro atoms. The molecule has 0 fully saturated rings. The van der Waals surface area contributed by atoms with Gasteiger partial charge < -0.3 is 9.84 Å². The van der Waals surface area contributed by atoms with E-state index >= 15 is 0 Å². The predicted molar refractivity (Wildman–Crippen MR) is 108 cm³/mol. The van der Waals surface area contributed by atoms with Crippen LogP contribution < -0.4 is 9.88 Å². The zero-order valence-corrected chi connectivity index (χ0v) is 16.5. The minimum Gasteiger partial charge on any atom is -0.495 e. The third-order valence-electron chi connectivity index (χ3n) is 4.57. The summed E-state index contributed by atoms with van der Waals surface area (Å²) in [5.74, 6) is -0.700. The summed E-state index contributed by atoms with van der Waals surface area (Å²) in [6.45, 7) is 0. The molecule has 0 bridgehead atoms. The Hall–Kier alpha value is -3.14. The Balaban J connectivity index is 2.07. The Bertz CT molecular complexity index is 1400. The lowest BCUT2D eigenvalue weighted by atomic mass is 10.1. The number of nitrogens with two attached hydrogens (primary N) is 1. The molecule has 1 aromatic heterocycles. The second kappa shape index (κ2) is 6.73. The number of primary sulfonamides is 1. The molecule has 4 aromatic rings. The number of halogens is 1. The molecule has 10 heteroatoms. The van der Waals surface area contributed by atoms with E-state index in [2.05, 4.69) is 5.10 Å². The van der Waals surface area contributed by atoms with Crippen LogP contribution in [0.25, 0.3) is 27.4 Å². The largest absolute Gasteiger partial charge is 0.495 e. The van der Waals surface area contributed by atoms with Crippen molar-refractivity contribution < 1.29 is 23.1 Å². The lowest BCUT2D eigenvalue weighted by Crippen LogP contribution is -2.12. The fourth-order valence-corrected chi connectivity index (χ4v) is 4.06. The summed E-state index contributed by atoms with van der Waals surface area (Å²) in [5, 5.41) is 21.1. The molecule has 0 aliphatic rings. The highest BCUT2D eigenvalue weighted by atomic mass is 35.5. The quantitative estimate of drug-likeness (QED) is 0.511. The Kier molecular flexibility index (Phi) is 4.45. The number of carboxylic acid groups (broad SMARTS) is 1. The standard InChI is InChI=1S/C19H14ClN3O5S/c1-28-15-9-8-13-12(16(15)20)6-7-14-17(19(24)25)22-23(18(13)14)10-2-4-11(5-3-10)29(21,26)27/h2-9H,1H3,(H,24,25)(H2,21,26,27). The van der Waals surface area contributed by atoms with Crippen LogP contribution >= 0.6 is 11.6 Å². The molecule has 3 N–H and O–H groups in total. The van der Waals surface area contributed by atoms with Crippen molar-refractivity contribution in [2.45, 2.75) is 4.90 Å². The number of rotatable bonds is 4. The van der Waals surface area contributed by atoms with Gasteiger partial charge in [0, 0.05) is 16.2 Å². The second-order valence-corrected chi connectivity index (χ2v) is 8.18. The zero-order valence-electron chi connectivity index (χ0n) is 15.0. The van der Waals surface area contributed by atoms with E-state index in [1.165, 1.54) is 36.1 Å². The number of benzene rings is 3. The molecule has 0 unspecified atom stereocenters. The van der Waals surface area contributed by atoms with Gasteiger partial charge in [0.15, 0.2) is 5.69 Å². The number of nitrogens with zero attached hydrogens (tertiary/aromatic N) is 2. The maximum absolute atomic E-state index is 11.7. The number of fused-ring (bicyclic) bond motifs is 3. The van der Waals surface area contributed by atoms with Crippen LogP contribution in [0.1, 0.15) is 10.5 Å². The van der Waals surface area contributed by atoms with E-state index in [9.17, 15) is 18.3 Å². The van der Waals surface area contributed by atoms with Crippen molar-refractivity contribution >= 4 is 49.3 Å². The van der Waals surface area contributed by atoms with Crippen molar-refractivity contribution in [1.29, 1.82) is 0 Å². The van der Waals surface area contributed by atoms with Gasteiger partial charge in [0.1, 0.15) is 5.75 Å². The molecular weight excluding hydrogens is 418 g/mol. The van der Waals surface area contributed by atoms with E-state index in [0.717, 1.165) is 0 Å². The first-order valence-electron chi connectivity index (χ1n) is 8.27. The second-order valence-electron chi connectivity index (χ2n) is 6.24. The third-order valence-corrected chi connectivity index (χ3v) is 5.89. The van der Waals surface area contributed by atoms with Crippen molar-refractivity contribution in [1.82, 2.24) is 9.78 Å². The van der Waals surface area contributed by atoms with Gasteiger partial charge in [-0.1, -0.05) is 17.7 Å². The van der Waals surface area contributed by atoms with Crippen LogP contribution in [-0.4, -0.2) is 36.4 Å². The van der Waals surface area contributed by atoms with Crippen molar-refractivity contribution in [3.8, 4) is 11.4 Å². The number of aromatic carboxylic acids is 1. The number of methoxy groups -OCH3 is 1. The monoisotopic (exact) mass is 431 g/mol. The number of aromatic nitrogens is 2. The van der Waals surface area contributed by atoms with Gasteiger partial charge in [0.2, 0.25) is 10.0 Å². The van der Waals surface area contributed by atoms with Gasteiger partial charge in [0.05, 0.1) is 28.2 Å². The highest BCUT2D eigenvalue weighted by molar-refractivity contribution is 7.89. The Labute approximate surface area is 170 Å². The summed E-state index contributed by atoms with van der Waals surface area (Å²) >= 11 is 6.43. The summed E-state index contributed by atoms with van der Waals surface area (Å²) in [6.07, 6.45) is 0. The first-order valence-corrected chi connectivity index (χ1v) is 10.2. The fraction of sp³-hybridized carbons (Fsp3) is 0.0526. The first-order chi connectivity index (χ1) is 13.7. The molecule has 0 radical (unpaired) electrons. The van der Waals surface area contributed by atoms with Crippen LogP contribution in [0.5, 0.6) is 5.75 Å². The molecule has 4 rings (SSSR count). The number of sulfonamides is 1.